The second-order valence-electron chi connectivity index (χ2n) is 5.99. The van der Waals surface area contributed by atoms with Crippen molar-refractivity contribution < 1.29 is 4.79 Å². The van der Waals surface area contributed by atoms with Gasteiger partial charge in [-0.1, -0.05) is 48.5 Å². The van der Waals surface area contributed by atoms with Gasteiger partial charge in [-0.3, -0.25) is 9.59 Å². The molecule has 1 amide bonds. The van der Waals surface area contributed by atoms with E-state index in [1.54, 1.807) is 17.0 Å². The molecule has 1 aromatic heterocycles. The highest BCUT2D eigenvalue weighted by molar-refractivity contribution is 6.05. The number of benzene rings is 2. The molecule has 0 atom stereocenters. The van der Waals surface area contributed by atoms with Crippen molar-refractivity contribution in [1.29, 1.82) is 0 Å². The minimum absolute atomic E-state index is 0.0979. The average molecular weight is 319 g/mol. The fraction of sp³-hybridized carbons (Fsp3) is 0.211. The second kappa shape index (κ2) is 5.92. The van der Waals surface area contributed by atoms with E-state index < -0.39 is 0 Å². The third-order valence-corrected chi connectivity index (χ3v) is 4.39. The Labute approximate surface area is 139 Å². The van der Waals surface area contributed by atoms with Crippen molar-refractivity contribution in [2.45, 2.75) is 13.0 Å². The summed E-state index contributed by atoms with van der Waals surface area (Å²) in [5.74, 6) is -0.0979. The monoisotopic (exact) mass is 319 g/mol. The number of nitrogens with zero attached hydrogens (tertiary/aromatic N) is 3. The van der Waals surface area contributed by atoms with E-state index in [0.717, 1.165) is 25.1 Å². The molecule has 0 bridgehead atoms. The molecule has 2 aromatic carbocycles. The standard InChI is InChI=1S/C19H17N3O2/c23-18-16-10-5-4-9-15(16)17(19(24)21-11-6-12-21)20-22(18)13-14-7-2-1-3-8-14/h1-5,7-10H,6,11-13H2. The Morgan fingerprint density at radius 2 is 1.62 bits per heavy atom. The quantitative estimate of drug-likeness (QED) is 0.744. The van der Waals surface area contributed by atoms with E-state index in [1.807, 2.05) is 42.5 Å². The highest BCUT2D eigenvalue weighted by atomic mass is 16.2. The lowest BCUT2D eigenvalue weighted by molar-refractivity contribution is 0.0645. The molecule has 0 spiro atoms. The summed E-state index contributed by atoms with van der Waals surface area (Å²) in [6.07, 6.45) is 1.02. The van der Waals surface area contributed by atoms with Gasteiger partial charge in [0.15, 0.2) is 5.69 Å². The molecule has 0 radical (unpaired) electrons. The van der Waals surface area contributed by atoms with E-state index in [1.165, 1.54) is 4.68 Å². The first-order chi connectivity index (χ1) is 11.7. The number of hydrogen-bond donors (Lipinski definition) is 0. The maximum atomic E-state index is 12.7. The molecule has 2 heterocycles. The first-order valence-corrected chi connectivity index (χ1v) is 8.07. The Hall–Kier alpha value is -2.95. The summed E-state index contributed by atoms with van der Waals surface area (Å²) < 4.78 is 1.39. The van der Waals surface area contributed by atoms with Crippen LogP contribution in [0.25, 0.3) is 10.8 Å². The minimum atomic E-state index is -0.172. The predicted molar refractivity (Wildman–Crippen MR) is 92.1 cm³/mol. The van der Waals surface area contributed by atoms with Gasteiger partial charge in [-0.2, -0.15) is 5.10 Å². The zero-order chi connectivity index (χ0) is 16.5. The number of likely N-dealkylation sites (tertiary alicyclic amines) is 1. The molecule has 1 saturated heterocycles. The van der Waals surface area contributed by atoms with E-state index in [4.69, 9.17) is 0 Å². The number of amides is 1. The maximum absolute atomic E-state index is 12.7. The molecule has 1 aliphatic rings. The van der Waals surface area contributed by atoms with Gasteiger partial charge in [0.25, 0.3) is 11.5 Å². The Morgan fingerprint density at radius 3 is 2.29 bits per heavy atom. The first kappa shape index (κ1) is 14.6. The van der Waals surface area contributed by atoms with Gasteiger partial charge in [-0.15, -0.1) is 0 Å². The van der Waals surface area contributed by atoms with Crippen molar-refractivity contribution in [2.75, 3.05) is 13.1 Å². The summed E-state index contributed by atoms with van der Waals surface area (Å²) in [5, 5.41) is 5.57. The number of rotatable bonds is 3. The highest BCUT2D eigenvalue weighted by Gasteiger charge is 2.25. The Kier molecular flexibility index (Phi) is 3.61. The smallest absolute Gasteiger partial charge is 0.274 e. The minimum Gasteiger partial charge on any atom is -0.337 e. The molecule has 1 aliphatic heterocycles. The van der Waals surface area contributed by atoms with Gasteiger partial charge < -0.3 is 4.90 Å². The van der Waals surface area contributed by atoms with Crippen LogP contribution in [-0.4, -0.2) is 33.7 Å². The number of carbonyl (C=O) groups excluding carboxylic acids is 1. The SMILES string of the molecule is O=C(c1nn(Cc2ccccc2)c(=O)c2ccccc12)N1CCC1. The van der Waals surface area contributed by atoms with Crippen molar-refractivity contribution in [3.05, 3.63) is 76.2 Å². The number of fused-ring (bicyclic) bond motifs is 1. The third-order valence-electron chi connectivity index (χ3n) is 4.39. The van der Waals surface area contributed by atoms with Crippen LogP contribution in [0, 0.1) is 0 Å². The molecule has 24 heavy (non-hydrogen) atoms. The normalized spacial score (nSPS) is 13.8. The molecular weight excluding hydrogens is 302 g/mol. The molecule has 120 valence electrons. The highest BCUT2D eigenvalue weighted by Crippen LogP contribution is 2.18. The molecule has 0 N–H and O–H groups in total. The van der Waals surface area contributed by atoms with E-state index in [9.17, 15) is 9.59 Å². The molecular formula is C19H17N3O2. The van der Waals surface area contributed by atoms with Gasteiger partial charge >= 0.3 is 0 Å². The summed E-state index contributed by atoms with van der Waals surface area (Å²) in [6.45, 7) is 1.87. The summed E-state index contributed by atoms with van der Waals surface area (Å²) in [6, 6.07) is 16.9. The summed E-state index contributed by atoms with van der Waals surface area (Å²) in [4.78, 5) is 27.2. The lowest BCUT2D eigenvalue weighted by Gasteiger charge is -2.30. The van der Waals surface area contributed by atoms with Crippen molar-refractivity contribution in [1.82, 2.24) is 14.7 Å². The van der Waals surface area contributed by atoms with Gasteiger partial charge in [-0.25, -0.2) is 4.68 Å². The average Bonchev–Trinajstić information content (AvgIpc) is 2.57. The van der Waals surface area contributed by atoms with Crippen LogP contribution >= 0.6 is 0 Å². The van der Waals surface area contributed by atoms with Crippen LogP contribution in [0.3, 0.4) is 0 Å². The third kappa shape index (κ3) is 2.48. The van der Waals surface area contributed by atoms with E-state index in [2.05, 4.69) is 5.10 Å². The van der Waals surface area contributed by atoms with Crippen molar-refractivity contribution in [2.24, 2.45) is 0 Å². The lowest BCUT2D eigenvalue weighted by atomic mass is 10.1. The van der Waals surface area contributed by atoms with Crippen LogP contribution in [0.5, 0.6) is 0 Å². The van der Waals surface area contributed by atoms with Gasteiger partial charge in [-0.05, 0) is 18.1 Å². The molecule has 1 fully saturated rings. The van der Waals surface area contributed by atoms with Crippen LogP contribution in [0.2, 0.25) is 0 Å². The van der Waals surface area contributed by atoms with Gasteiger partial charge in [0, 0.05) is 18.5 Å². The number of aromatic nitrogens is 2. The zero-order valence-electron chi connectivity index (χ0n) is 13.2. The van der Waals surface area contributed by atoms with Crippen LogP contribution in [0.1, 0.15) is 22.5 Å². The number of carbonyl (C=O) groups is 1. The molecule has 4 rings (SSSR count). The van der Waals surface area contributed by atoms with Gasteiger partial charge in [0.1, 0.15) is 0 Å². The predicted octanol–water partition coefficient (Wildman–Crippen LogP) is 2.29. The van der Waals surface area contributed by atoms with Crippen LogP contribution in [0.15, 0.2) is 59.4 Å². The van der Waals surface area contributed by atoms with Crippen LogP contribution in [-0.2, 0) is 6.54 Å². The van der Waals surface area contributed by atoms with Gasteiger partial charge in [0.2, 0.25) is 0 Å². The zero-order valence-corrected chi connectivity index (χ0v) is 13.2. The maximum Gasteiger partial charge on any atom is 0.274 e. The lowest BCUT2D eigenvalue weighted by Crippen LogP contribution is -2.43. The largest absolute Gasteiger partial charge is 0.337 e. The molecule has 0 aliphatic carbocycles. The Balaban J connectivity index is 1.86. The topological polar surface area (TPSA) is 55.2 Å². The van der Waals surface area contributed by atoms with Crippen molar-refractivity contribution in [3.63, 3.8) is 0 Å². The summed E-state index contributed by atoms with van der Waals surface area (Å²) in [5.41, 5.74) is 1.17. The van der Waals surface area contributed by atoms with Crippen LogP contribution < -0.4 is 5.56 Å². The fourth-order valence-corrected chi connectivity index (χ4v) is 2.93. The summed E-state index contributed by atoms with van der Waals surface area (Å²) in [7, 11) is 0. The molecule has 0 saturated carbocycles. The Morgan fingerprint density at radius 1 is 0.958 bits per heavy atom. The molecule has 5 heteroatoms. The van der Waals surface area contributed by atoms with Crippen molar-refractivity contribution >= 4 is 16.7 Å². The first-order valence-electron chi connectivity index (χ1n) is 8.07. The van der Waals surface area contributed by atoms with Crippen molar-refractivity contribution in [3.8, 4) is 0 Å². The number of hydrogen-bond acceptors (Lipinski definition) is 3. The van der Waals surface area contributed by atoms with E-state index in [0.29, 0.717) is 23.0 Å². The second-order valence-corrected chi connectivity index (χ2v) is 5.99. The summed E-state index contributed by atoms with van der Waals surface area (Å²) >= 11 is 0. The molecule has 5 nitrogen and oxygen atoms in total. The van der Waals surface area contributed by atoms with Gasteiger partial charge in [0.05, 0.1) is 11.9 Å². The Bertz CT molecular complexity index is 959. The molecule has 0 unspecified atom stereocenters. The van der Waals surface area contributed by atoms with Crippen LogP contribution in [0.4, 0.5) is 0 Å². The fourth-order valence-electron chi connectivity index (χ4n) is 2.93. The van der Waals surface area contributed by atoms with E-state index >= 15 is 0 Å². The van der Waals surface area contributed by atoms with E-state index in [-0.39, 0.29) is 11.5 Å². The molecule has 3 aromatic rings.